The predicted molar refractivity (Wildman–Crippen MR) is 88.9 cm³/mol. The third-order valence-corrected chi connectivity index (χ3v) is 3.90. The van der Waals surface area contributed by atoms with Gasteiger partial charge in [-0.1, -0.05) is 31.2 Å². The van der Waals surface area contributed by atoms with Crippen LogP contribution in [-0.4, -0.2) is 14.8 Å². The Kier molecular flexibility index (Phi) is 4.88. The molecule has 0 bridgehead atoms. The van der Waals surface area contributed by atoms with Gasteiger partial charge in [-0.3, -0.25) is 0 Å². The molecule has 120 valence electrons. The van der Waals surface area contributed by atoms with E-state index in [2.05, 4.69) is 59.6 Å². The molecule has 2 heterocycles. The third-order valence-electron chi connectivity index (χ3n) is 3.90. The third kappa shape index (κ3) is 4.07. The Morgan fingerprint density at radius 1 is 1.13 bits per heavy atom. The van der Waals surface area contributed by atoms with Gasteiger partial charge in [0.05, 0.1) is 12.6 Å². The van der Waals surface area contributed by atoms with Gasteiger partial charge in [-0.2, -0.15) is 5.10 Å². The van der Waals surface area contributed by atoms with Crippen LogP contribution >= 0.6 is 0 Å². The standard InChI is InChI=1S/C18H22N4O/c1-3-17-8-9-18(23-17)14(2)20-10-15-4-6-16(7-5-15)11-22-13-19-12-21-22/h4-9,12-14,20H,3,10-11H2,1-2H3/t14-/m0/s1. The Bertz CT molecular complexity index is 716. The van der Waals surface area contributed by atoms with Gasteiger partial charge >= 0.3 is 0 Å². The maximum Gasteiger partial charge on any atom is 0.137 e. The predicted octanol–water partition coefficient (Wildman–Crippen LogP) is 3.33. The number of benzene rings is 1. The number of aryl methyl sites for hydroxylation is 1. The molecule has 1 N–H and O–H groups in total. The molecule has 0 aliphatic carbocycles. The van der Waals surface area contributed by atoms with Crippen molar-refractivity contribution in [2.45, 2.75) is 39.4 Å². The van der Waals surface area contributed by atoms with Crippen LogP contribution in [-0.2, 0) is 19.5 Å². The molecule has 3 rings (SSSR count). The van der Waals surface area contributed by atoms with Crippen molar-refractivity contribution in [3.05, 3.63) is 71.7 Å². The SMILES string of the molecule is CCc1ccc([C@H](C)NCc2ccc(Cn3cncn3)cc2)o1. The highest BCUT2D eigenvalue weighted by Gasteiger charge is 2.09. The van der Waals surface area contributed by atoms with Crippen molar-refractivity contribution >= 4 is 0 Å². The van der Waals surface area contributed by atoms with E-state index in [1.54, 1.807) is 12.7 Å². The van der Waals surface area contributed by atoms with Gasteiger partial charge in [0.1, 0.15) is 24.2 Å². The fourth-order valence-electron chi connectivity index (χ4n) is 2.45. The van der Waals surface area contributed by atoms with E-state index in [4.69, 9.17) is 4.42 Å². The Labute approximate surface area is 136 Å². The summed E-state index contributed by atoms with van der Waals surface area (Å²) in [5.41, 5.74) is 2.47. The summed E-state index contributed by atoms with van der Waals surface area (Å²) in [6.07, 6.45) is 4.21. The van der Waals surface area contributed by atoms with E-state index in [0.717, 1.165) is 31.0 Å². The molecule has 0 amide bonds. The number of aromatic nitrogens is 3. The lowest BCUT2D eigenvalue weighted by Gasteiger charge is -2.12. The van der Waals surface area contributed by atoms with Gasteiger partial charge in [-0.25, -0.2) is 9.67 Å². The fourth-order valence-corrected chi connectivity index (χ4v) is 2.45. The van der Waals surface area contributed by atoms with E-state index in [0.29, 0.717) is 0 Å². The summed E-state index contributed by atoms with van der Waals surface area (Å²) in [6, 6.07) is 12.9. The molecule has 5 nitrogen and oxygen atoms in total. The van der Waals surface area contributed by atoms with Crippen molar-refractivity contribution in [2.75, 3.05) is 0 Å². The van der Waals surface area contributed by atoms with Crippen molar-refractivity contribution < 1.29 is 4.42 Å². The van der Waals surface area contributed by atoms with Gasteiger partial charge in [-0.15, -0.1) is 0 Å². The van der Waals surface area contributed by atoms with Crippen LogP contribution in [0.25, 0.3) is 0 Å². The van der Waals surface area contributed by atoms with Crippen molar-refractivity contribution in [1.82, 2.24) is 20.1 Å². The molecule has 0 spiro atoms. The summed E-state index contributed by atoms with van der Waals surface area (Å²) in [5, 5.41) is 7.62. The molecule has 23 heavy (non-hydrogen) atoms. The fraction of sp³-hybridized carbons (Fsp3) is 0.333. The van der Waals surface area contributed by atoms with Gasteiger partial charge in [-0.05, 0) is 30.2 Å². The highest BCUT2D eigenvalue weighted by molar-refractivity contribution is 5.22. The minimum atomic E-state index is 0.199. The monoisotopic (exact) mass is 310 g/mol. The highest BCUT2D eigenvalue weighted by Crippen LogP contribution is 2.17. The average molecular weight is 310 g/mol. The maximum atomic E-state index is 5.78. The summed E-state index contributed by atoms with van der Waals surface area (Å²) < 4.78 is 7.60. The molecule has 1 atom stereocenters. The lowest BCUT2D eigenvalue weighted by Crippen LogP contribution is -2.17. The van der Waals surface area contributed by atoms with E-state index in [-0.39, 0.29) is 6.04 Å². The second-order valence-electron chi connectivity index (χ2n) is 5.67. The van der Waals surface area contributed by atoms with Crippen LogP contribution in [0, 0.1) is 0 Å². The minimum Gasteiger partial charge on any atom is -0.464 e. The first kappa shape index (κ1) is 15.5. The normalized spacial score (nSPS) is 12.4. The van der Waals surface area contributed by atoms with Gasteiger partial charge < -0.3 is 9.73 Å². The second kappa shape index (κ2) is 7.24. The van der Waals surface area contributed by atoms with Crippen LogP contribution < -0.4 is 5.32 Å². The van der Waals surface area contributed by atoms with Gasteiger partial charge in [0.15, 0.2) is 0 Å². The van der Waals surface area contributed by atoms with Crippen molar-refractivity contribution in [3.8, 4) is 0 Å². The Morgan fingerprint density at radius 2 is 1.91 bits per heavy atom. The molecule has 0 aliphatic rings. The summed E-state index contributed by atoms with van der Waals surface area (Å²) in [5.74, 6) is 2.02. The zero-order valence-electron chi connectivity index (χ0n) is 13.6. The van der Waals surface area contributed by atoms with E-state index in [9.17, 15) is 0 Å². The van der Waals surface area contributed by atoms with Crippen LogP contribution in [0.3, 0.4) is 0 Å². The lowest BCUT2D eigenvalue weighted by molar-refractivity contribution is 0.408. The topological polar surface area (TPSA) is 55.9 Å². The van der Waals surface area contributed by atoms with Gasteiger partial charge in [0.2, 0.25) is 0 Å². The molecule has 3 aromatic rings. The number of hydrogen-bond donors (Lipinski definition) is 1. The smallest absolute Gasteiger partial charge is 0.137 e. The number of rotatable bonds is 7. The largest absolute Gasteiger partial charge is 0.464 e. The van der Waals surface area contributed by atoms with Crippen molar-refractivity contribution in [3.63, 3.8) is 0 Å². The molecule has 5 heteroatoms. The number of furan rings is 1. The van der Waals surface area contributed by atoms with Crippen LogP contribution in [0.2, 0.25) is 0 Å². The van der Waals surface area contributed by atoms with Crippen molar-refractivity contribution in [2.24, 2.45) is 0 Å². The molecule has 0 unspecified atom stereocenters. The zero-order valence-corrected chi connectivity index (χ0v) is 13.6. The van der Waals surface area contributed by atoms with E-state index < -0.39 is 0 Å². The highest BCUT2D eigenvalue weighted by atomic mass is 16.3. The van der Waals surface area contributed by atoms with E-state index in [1.165, 1.54) is 11.1 Å². The molecule has 0 fully saturated rings. The lowest BCUT2D eigenvalue weighted by atomic mass is 10.1. The number of nitrogens with zero attached hydrogens (tertiary/aromatic N) is 3. The van der Waals surface area contributed by atoms with E-state index >= 15 is 0 Å². The Morgan fingerprint density at radius 3 is 2.57 bits per heavy atom. The Hall–Kier alpha value is -2.40. The summed E-state index contributed by atoms with van der Waals surface area (Å²) in [6.45, 7) is 5.78. The summed E-state index contributed by atoms with van der Waals surface area (Å²) in [7, 11) is 0. The molecule has 0 aliphatic heterocycles. The summed E-state index contributed by atoms with van der Waals surface area (Å²) >= 11 is 0. The van der Waals surface area contributed by atoms with Gasteiger partial charge in [0.25, 0.3) is 0 Å². The second-order valence-corrected chi connectivity index (χ2v) is 5.67. The average Bonchev–Trinajstić information content (AvgIpc) is 3.25. The molecular weight excluding hydrogens is 288 g/mol. The number of hydrogen-bond acceptors (Lipinski definition) is 4. The summed E-state index contributed by atoms with van der Waals surface area (Å²) in [4.78, 5) is 3.95. The van der Waals surface area contributed by atoms with Crippen LogP contribution in [0.1, 0.15) is 42.5 Å². The van der Waals surface area contributed by atoms with Crippen molar-refractivity contribution in [1.29, 1.82) is 0 Å². The van der Waals surface area contributed by atoms with Gasteiger partial charge in [0, 0.05) is 13.0 Å². The quantitative estimate of drug-likeness (QED) is 0.727. The van der Waals surface area contributed by atoms with E-state index in [1.807, 2.05) is 10.7 Å². The van der Waals surface area contributed by atoms with Crippen LogP contribution in [0.15, 0.2) is 53.5 Å². The first-order valence-electron chi connectivity index (χ1n) is 7.97. The minimum absolute atomic E-state index is 0.199. The maximum absolute atomic E-state index is 5.78. The first-order chi connectivity index (χ1) is 11.2. The molecule has 0 radical (unpaired) electrons. The molecule has 1 aromatic carbocycles. The first-order valence-corrected chi connectivity index (χ1v) is 7.97. The van der Waals surface area contributed by atoms with Crippen LogP contribution in [0.4, 0.5) is 0 Å². The number of nitrogens with one attached hydrogen (secondary N) is 1. The van der Waals surface area contributed by atoms with Crippen LogP contribution in [0.5, 0.6) is 0 Å². The zero-order chi connectivity index (χ0) is 16.1. The Balaban J connectivity index is 1.53. The molecule has 0 saturated carbocycles. The molecular formula is C18H22N4O. The molecule has 2 aromatic heterocycles. The molecule has 0 saturated heterocycles.